The molecule has 1 fully saturated rings. The van der Waals surface area contributed by atoms with Crippen molar-refractivity contribution in [1.82, 2.24) is 18.9 Å². The average Bonchev–Trinajstić information content (AvgIpc) is 2.87. The number of nitriles is 1. The van der Waals surface area contributed by atoms with Gasteiger partial charge in [-0.3, -0.25) is 0 Å². The van der Waals surface area contributed by atoms with E-state index < -0.39 is 22.2 Å². The van der Waals surface area contributed by atoms with Crippen LogP contribution in [0.5, 0.6) is 0 Å². The van der Waals surface area contributed by atoms with E-state index >= 15 is 0 Å². The summed E-state index contributed by atoms with van der Waals surface area (Å²) in [6.07, 6.45) is 1.46. The smallest absolute Gasteiger partial charge is 0.241 e. The number of piperidine rings is 1. The third kappa shape index (κ3) is 3.72. The topological polar surface area (TPSA) is 103 Å². The minimum atomic E-state index is -3.42. The van der Waals surface area contributed by atoms with Crippen molar-refractivity contribution in [2.24, 2.45) is 0 Å². The van der Waals surface area contributed by atoms with Crippen LogP contribution in [0.2, 0.25) is 5.02 Å². The lowest BCUT2D eigenvalue weighted by atomic mass is 10.1. The number of hydrogen-bond acceptors (Lipinski definition) is 6. The molecule has 11 heteroatoms. The molecule has 1 aliphatic rings. The second-order valence-corrected chi connectivity index (χ2v) is 9.26. The van der Waals surface area contributed by atoms with Gasteiger partial charge in [-0.15, -0.1) is 5.10 Å². The van der Waals surface area contributed by atoms with Gasteiger partial charge < -0.3 is 5.32 Å². The molecule has 146 valence electrons. The molecule has 0 unspecified atom stereocenters. The maximum atomic E-state index is 14.5. The van der Waals surface area contributed by atoms with E-state index in [-0.39, 0.29) is 30.0 Å². The Morgan fingerprint density at radius 1 is 1.48 bits per heavy atom. The van der Waals surface area contributed by atoms with Crippen molar-refractivity contribution in [3.63, 3.8) is 0 Å². The molecule has 3 rings (SSSR count). The Kier molecular flexibility index (Phi) is 5.29. The van der Waals surface area contributed by atoms with Gasteiger partial charge in [0.05, 0.1) is 34.8 Å². The Morgan fingerprint density at radius 2 is 2.19 bits per heavy atom. The molecule has 0 aromatic carbocycles. The van der Waals surface area contributed by atoms with E-state index in [1.54, 1.807) is 4.52 Å². The molecule has 1 N–H and O–H groups in total. The normalized spacial score (nSPS) is 21.5. The maximum Gasteiger partial charge on any atom is 0.241 e. The highest BCUT2D eigenvalue weighted by molar-refractivity contribution is 7.88. The zero-order valence-corrected chi connectivity index (χ0v) is 16.7. The lowest BCUT2D eigenvalue weighted by Gasteiger charge is -2.33. The summed E-state index contributed by atoms with van der Waals surface area (Å²) in [7, 11) is -3.42. The van der Waals surface area contributed by atoms with Crippen LogP contribution in [-0.4, -0.2) is 58.9 Å². The average molecular weight is 415 g/mol. The van der Waals surface area contributed by atoms with Crippen molar-refractivity contribution in [3.05, 3.63) is 22.5 Å². The van der Waals surface area contributed by atoms with Crippen molar-refractivity contribution < 1.29 is 12.8 Å². The van der Waals surface area contributed by atoms with Gasteiger partial charge in [0.25, 0.3) is 0 Å². The Balaban J connectivity index is 1.89. The summed E-state index contributed by atoms with van der Waals surface area (Å²) in [5.41, 5.74) is 1.51. The van der Waals surface area contributed by atoms with Gasteiger partial charge in [0.2, 0.25) is 16.0 Å². The SMILES string of the molecule is CC(C)c1c(C#N)c(Cl)c2cnc(N[C@@H]3CCN(S(C)(=O)=O)C[C@H]3F)nn12. The van der Waals surface area contributed by atoms with Crippen molar-refractivity contribution in [3.8, 4) is 6.07 Å². The van der Waals surface area contributed by atoms with Crippen molar-refractivity contribution in [1.29, 1.82) is 5.26 Å². The fourth-order valence-electron chi connectivity index (χ4n) is 3.24. The molecule has 8 nitrogen and oxygen atoms in total. The summed E-state index contributed by atoms with van der Waals surface area (Å²) in [5, 5.41) is 17.0. The van der Waals surface area contributed by atoms with Gasteiger partial charge in [-0.05, 0) is 12.3 Å². The molecule has 1 saturated heterocycles. The van der Waals surface area contributed by atoms with E-state index in [2.05, 4.69) is 21.5 Å². The number of anilines is 1. The first-order valence-electron chi connectivity index (χ1n) is 8.46. The van der Waals surface area contributed by atoms with Crippen molar-refractivity contribution in [2.75, 3.05) is 24.7 Å². The highest BCUT2D eigenvalue weighted by Gasteiger charge is 2.33. The van der Waals surface area contributed by atoms with Crippen molar-refractivity contribution in [2.45, 2.75) is 38.4 Å². The van der Waals surface area contributed by atoms with Crippen LogP contribution in [-0.2, 0) is 10.0 Å². The quantitative estimate of drug-likeness (QED) is 0.822. The van der Waals surface area contributed by atoms with E-state index in [1.165, 1.54) is 6.20 Å². The Labute approximate surface area is 162 Å². The summed E-state index contributed by atoms with van der Waals surface area (Å²) >= 11 is 6.27. The van der Waals surface area contributed by atoms with Gasteiger partial charge in [-0.2, -0.15) is 9.57 Å². The van der Waals surface area contributed by atoms with Crippen LogP contribution >= 0.6 is 11.6 Å². The third-order valence-electron chi connectivity index (χ3n) is 4.61. The summed E-state index contributed by atoms with van der Waals surface area (Å²) in [6, 6.07) is 1.49. The minimum Gasteiger partial charge on any atom is -0.347 e. The second-order valence-electron chi connectivity index (χ2n) is 6.90. The van der Waals surface area contributed by atoms with Crippen LogP contribution in [0.1, 0.15) is 37.4 Å². The molecular formula is C16H20ClFN6O2S. The third-order valence-corrected chi connectivity index (χ3v) is 6.26. The molecule has 27 heavy (non-hydrogen) atoms. The molecule has 1 aliphatic heterocycles. The molecule has 2 aromatic rings. The van der Waals surface area contributed by atoms with Gasteiger partial charge >= 0.3 is 0 Å². The summed E-state index contributed by atoms with van der Waals surface area (Å²) in [5.74, 6) is 0.190. The monoisotopic (exact) mass is 414 g/mol. The Bertz CT molecular complexity index is 1020. The number of halogens is 2. The molecule has 0 spiro atoms. The molecule has 2 aromatic heterocycles. The summed E-state index contributed by atoms with van der Waals surface area (Å²) in [6.45, 7) is 3.87. The van der Waals surface area contributed by atoms with Crippen LogP contribution < -0.4 is 5.32 Å². The van der Waals surface area contributed by atoms with E-state index in [0.29, 0.717) is 23.2 Å². The zero-order valence-electron chi connectivity index (χ0n) is 15.1. The molecular weight excluding hydrogens is 395 g/mol. The number of nitrogens with one attached hydrogen (secondary N) is 1. The summed E-state index contributed by atoms with van der Waals surface area (Å²) < 4.78 is 40.3. The van der Waals surface area contributed by atoms with E-state index in [9.17, 15) is 18.1 Å². The van der Waals surface area contributed by atoms with Crippen LogP contribution in [0, 0.1) is 11.3 Å². The molecule has 3 heterocycles. The lowest BCUT2D eigenvalue weighted by Crippen LogP contribution is -2.49. The molecule has 0 amide bonds. The van der Waals surface area contributed by atoms with E-state index in [0.717, 1.165) is 10.6 Å². The lowest BCUT2D eigenvalue weighted by molar-refractivity contribution is 0.186. The molecule has 2 atom stereocenters. The van der Waals surface area contributed by atoms with Crippen LogP contribution in [0.25, 0.3) is 5.52 Å². The number of alkyl halides is 1. The minimum absolute atomic E-state index is 0.00526. The van der Waals surface area contributed by atoms with Crippen LogP contribution in [0.4, 0.5) is 10.3 Å². The predicted molar refractivity (Wildman–Crippen MR) is 100 cm³/mol. The fraction of sp³-hybridized carbons (Fsp3) is 0.562. The van der Waals surface area contributed by atoms with Gasteiger partial charge in [-0.25, -0.2) is 22.3 Å². The second kappa shape index (κ2) is 7.22. The molecule has 0 radical (unpaired) electrons. The Hall–Kier alpha value is -1.96. The number of sulfonamides is 1. The predicted octanol–water partition coefficient (Wildman–Crippen LogP) is 2.16. The highest BCUT2D eigenvalue weighted by atomic mass is 35.5. The molecule has 0 aliphatic carbocycles. The summed E-state index contributed by atoms with van der Waals surface area (Å²) in [4.78, 5) is 4.18. The van der Waals surface area contributed by atoms with E-state index in [4.69, 9.17) is 11.6 Å². The Morgan fingerprint density at radius 3 is 2.74 bits per heavy atom. The van der Waals surface area contributed by atoms with Crippen molar-refractivity contribution >= 4 is 33.1 Å². The standard InChI is InChI=1S/C16H20ClFN6O2S/c1-9(2)15-10(6-19)14(17)13-7-20-16(22-24(13)15)21-12-4-5-23(8-11(12)18)27(3,25)26/h7,9,11-12H,4-5,8H2,1-3H3,(H,21,22)/t11-,12-/m1/s1. The van der Waals surface area contributed by atoms with Crippen LogP contribution in [0.15, 0.2) is 6.20 Å². The van der Waals surface area contributed by atoms with E-state index in [1.807, 2.05) is 13.8 Å². The van der Waals surface area contributed by atoms with Gasteiger partial charge in [0, 0.05) is 13.1 Å². The fourth-order valence-corrected chi connectivity index (χ4v) is 4.36. The number of nitrogens with zero attached hydrogens (tertiary/aromatic N) is 5. The van der Waals surface area contributed by atoms with Gasteiger partial charge in [0.1, 0.15) is 17.8 Å². The van der Waals surface area contributed by atoms with Gasteiger partial charge in [0.15, 0.2) is 0 Å². The maximum absolute atomic E-state index is 14.5. The first-order valence-corrected chi connectivity index (χ1v) is 10.7. The van der Waals surface area contributed by atoms with Gasteiger partial charge in [-0.1, -0.05) is 25.4 Å². The number of aromatic nitrogens is 3. The first-order chi connectivity index (χ1) is 12.6. The molecule has 0 bridgehead atoms. The largest absolute Gasteiger partial charge is 0.347 e. The first kappa shape index (κ1) is 19.8. The number of fused-ring (bicyclic) bond motifs is 1. The highest BCUT2D eigenvalue weighted by Crippen LogP contribution is 2.32. The van der Waals surface area contributed by atoms with Crippen LogP contribution in [0.3, 0.4) is 0 Å². The number of rotatable bonds is 4. The number of hydrogen-bond donors (Lipinski definition) is 1. The zero-order chi connectivity index (χ0) is 19.9. The molecule has 0 saturated carbocycles.